The summed E-state index contributed by atoms with van der Waals surface area (Å²) in [5.41, 5.74) is 0. The summed E-state index contributed by atoms with van der Waals surface area (Å²) < 4.78 is 0. The quantitative estimate of drug-likeness (QED) is 0.410. The van der Waals surface area contributed by atoms with E-state index >= 15 is 0 Å². The minimum absolute atomic E-state index is 0.250. The van der Waals surface area contributed by atoms with E-state index < -0.39 is 0 Å². The highest BCUT2D eigenvalue weighted by atomic mass is 14.9. The van der Waals surface area contributed by atoms with Gasteiger partial charge in [-0.1, -0.05) is 44.4 Å². The van der Waals surface area contributed by atoms with Gasteiger partial charge in [-0.05, 0) is 32.4 Å². The van der Waals surface area contributed by atoms with Crippen molar-refractivity contribution in [2.45, 2.75) is 57.9 Å². The summed E-state index contributed by atoms with van der Waals surface area (Å²) in [5, 5.41) is 6.63. The maximum Gasteiger partial charge on any atom is 0.0686 e. The minimum atomic E-state index is 0.250. The summed E-state index contributed by atoms with van der Waals surface area (Å²) in [6.07, 6.45) is 19.1. The first-order valence-electron chi connectivity index (χ1n) is 7.18. The second kappa shape index (κ2) is 14.1. The molecule has 0 aromatic carbocycles. The van der Waals surface area contributed by atoms with Crippen molar-refractivity contribution in [2.24, 2.45) is 0 Å². The first-order valence-corrected chi connectivity index (χ1v) is 7.18. The summed E-state index contributed by atoms with van der Waals surface area (Å²) in [4.78, 5) is 0. The third-order valence-corrected chi connectivity index (χ3v) is 2.95. The van der Waals surface area contributed by atoms with E-state index in [4.69, 9.17) is 12.8 Å². The number of hydrogen-bond acceptors (Lipinski definition) is 2. The van der Waals surface area contributed by atoms with Gasteiger partial charge in [-0.2, -0.15) is 0 Å². The molecule has 0 aromatic heterocycles. The zero-order valence-corrected chi connectivity index (χ0v) is 11.8. The van der Waals surface area contributed by atoms with E-state index in [0.717, 1.165) is 19.5 Å². The molecule has 1 atom stereocenters. The lowest BCUT2D eigenvalue weighted by molar-refractivity contribution is 0.510. The standard InChI is InChI=1S/C16H28N2/c1-4-7-10-15-18-16(6-3)12-9-8-11-14-17-13-5-2/h2-3,16-18H,4,7-15H2,1H3. The fourth-order valence-electron chi connectivity index (χ4n) is 1.83. The van der Waals surface area contributed by atoms with Gasteiger partial charge in [0.25, 0.3) is 0 Å². The van der Waals surface area contributed by atoms with E-state index in [2.05, 4.69) is 29.4 Å². The topological polar surface area (TPSA) is 24.1 Å². The van der Waals surface area contributed by atoms with Crippen molar-refractivity contribution in [2.75, 3.05) is 19.6 Å². The Morgan fingerprint density at radius 1 is 1.00 bits per heavy atom. The van der Waals surface area contributed by atoms with Gasteiger partial charge in [-0.25, -0.2) is 0 Å². The van der Waals surface area contributed by atoms with Crippen molar-refractivity contribution in [3.63, 3.8) is 0 Å². The van der Waals surface area contributed by atoms with E-state index in [1.807, 2.05) is 0 Å². The van der Waals surface area contributed by atoms with Crippen LogP contribution >= 0.6 is 0 Å². The van der Waals surface area contributed by atoms with Gasteiger partial charge in [0.2, 0.25) is 0 Å². The SMILES string of the molecule is C#CCNCCCCCC(C#C)NCCCCC. The number of terminal acetylenes is 2. The van der Waals surface area contributed by atoms with Crippen molar-refractivity contribution in [1.82, 2.24) is 10.6 Å². The highest BCUT2D eigenvalue weighted by Crippen LogP contribution is 2.03. The zero-order valence-electron chi connectivity index (χ0n) is 11.8. The highest BCUT2D eigenvalue weighted by molar-refractivity contribution is 4.98. The van der Waals surface area contributed by atoms with Crippen LogP contribution in [-0.4, -0.2) is 25.7 Å². The fourth-order valence-corrected chi connectivity index (χ4v) is 1.83. The molecule has 0 rings (SSSR count). The molecule has 2 nitrogen and oxygen atoms in total. The molecule has 0 fully saturated rings. The van der Waals surface area contributed by atoms with Gasteiger partial charge in [0.15, 0.2) is 0 Å². The van der Waals surface area contributed by atoms with Crippen LogP contribution in [0.15, 0.2) is 0 Å². The molecule has 0 bridgehead atoms. The Kier molecular flexibility index (Phi) is 13.4. The van der Waals surface area contributed by atoms with Gasteiger partial charge in [0.05, 0.1) is 12.6 Å². The molecule has 0 aliphatic carbocycles. The molecule has 0 saturated heterocycles. The van der Waals surface area contributed by atoms with Gasteiger partial charge >= 0.3 is 0 Å². The molecule has 0 aliphatic heterocycles. The second-order valence-electron chi connectivity index (χ2n) is 4.61. The lowest BCUT2D eigenvalue weighted by atomic mass is 10.1. The van der Waals surface area contributed by atoms with Crippen LogP contribution in [-0.2, 0) is 0 Å². The molecule has 2 N–H and O–H groups in total. The van der Waals surface area contributed by atoms with Crippen molar-refractivity contribution < 1.29 is 0 Å². The fraction of sp³-hybridized carbons (Fsp3) is 0.750. The molecule has 0 spiro atoms. The Morgan fingerprint density at radius 2 is 1.78 bits per heavy atom. The Balaban J connectivity index is 3.34. The number of hydrogen-bond donors (Lipinski definition) is 2. The molecule has 0 aliphatic rings. The average molecular weight is 248 g/mol. The Hall–Kier alpha value is -0.960. The van der Waals surface area contributed by atoms with Gasteiger partial charge < -0.3 is 10.6 Å². The van der Waals surface area contributed by atoms with Gasteiger partial charge in [-0.15, -0.1) is 12.8 Å². The van der Waals surface area contributed by atoms with Crippen molar-refractivity contribution in [3.05, 3.63) is 0 Å². The molecule has 0 radical (unpaired) electrons. The third kappa shape index (κ3) is 11.5. The maximum atomic E-state index is 5.52. The van der Waals surface area contributed by atoms with E-state index in [1.54, 1.807) is 0 Å². The van der Waals surface area contributed by atoms with Crippen molar-refractivity contribution in [1.29, 1.82) is 0 Å². The molecule has 0 aromatic rings. The third-order valence-electron chi connectivity index (χ3n) is 2.95. The first-order chi connectivity index (χ1) is 8.85. The molecule has 2 heteroatoms. The van der Waals surface area contributed by atoms with Gasteiger partial charge in [0, 0.05) is 0 Å². The van der Waals surface area contributed by atoms with Crippen molar-refractivity contribution >= 4 is 0 Å². The van der Waals surface area contributed by atoms with E-state index in [1.165, 1.54) is 38.5 Å². The average Bonchev–Trinajstić information content (AvgIpc) is 2.40. The van der Waals surface area contributed by atoms with Crippen LogP contribution in [0.3, 0.4) is 0 Å². The lowest BCUT2D eigenvalue weighted by Crippen LogP contribution is -2.28. The Labute approximate surface area is 113 Å². The molecule has 1 unspecified atom stereocenters. The molecule has 0 heterocycles. The molecular weight excluding hydrogens is 220 g/mol. The molecule has 102 valence electrons. The van der Waals surface area contributed by atoms with Crippen LogP contribution in [0.25, 0.3) is 0 Å². The second-order valence-corrected chi connectivity index (χ2v) is 4.61. The monoisotopic (exact) mass is 248 g/mol. The summed E-state index contributed by atoms with van der Waals surface area (Å²) >= 11 is 0. The smallest absolute Gasteiger partial charge is 0.0686 e. The summed E-state index contributed by atoms with van der Waals surface area (Å²) in [6.45, 7) is 4.94. The highest BCUT2D eigenvalue weighted by Gasteiger charge is 2.02. The van der Waals surface area contributed by atoms with Gasteiger partial charge in [0.1, 0.15) is 0 Å². The number of rotatable bonds is 12. The van der Waals surface area contributed by atoms with Gasteiger partial charge in [-0.3, -0.25) is 0 Å². The van der Waals surface area contributed by atoms with Crippen LogP contribution in [0.1, 0.15) is 51.9 Å². The summed E-state index contributed by atoms with van der Waals surface area (Å²) in [6, 6.07) is 0.250. The molecule has 18 heavy (non-hydrogen) atoms. The van der Waals surface area contributed by atoms with Crippen LogP contribution < -0.4 is 10.6 Å². The number of unbranched alkanes of at least 4 members (excludes halogenated alkanes) is 4. The summed E-state index contributed by atoms with van der Waals surface area (Å²) in [7, 11) is 0. The lowest BCUT2D eigenvalue weighted by Gasteiger charge is -2.12. The largest absolute Gasteiger partial charge is 0.306 e. The molecule has 0 amide bonds. The van der Waals surface area contributed by atoms with Crippen LogP contribution in [0.4, 0.5) is 0 Å². The van der Waals surface area contributed by atoms with Crippen LogP contribution in [0.5, 0.6) is 0 Å². The number of nitrogens with one attached hydrogen (secondary N) is 2. The zero-order chi connectivity index (χ0) is 13.5. The predicted octanol–water partition coefficient (Wildman–Crippen LogP) is 2.55. The van der Waals surface area contributed by atoms with E-state index in [9.17, 15) is 0 Å². The molecular formula is C16H28N2. The summed E-state index contributed by atoms with van der Waals surface area (Å²) in [5.74, 6) is 5.41. The minimum Gasteiger partial charge on any atom is -0.306 e. The van der Waals surface area contributed by atoms with Crippen LogP contribution in [0, 0.1) is 24.7 Å². The van der Waals surface area contributed by atoms with Crippen molar-refractivity contribution in [3.8, 4) is 24.7 Å². The molecule has 0 saturated carbocycles. The Morgan fingerprint density at radius 3 is 2.44 bits per heavy atom. The normalized spacial score (nSPS) is 11.7. The van der Waals surface area contributed by atoms with E-state index in [-0.39, 0.29) is 6.04 Å². The predicted molar refractivity (Wildman–Crippen MR) is 80.3 cm³/mol. The van der Waals surface area contributed by atoms with E-state index in [0.29, 0.717) is 6.54 Å². The Bertz CT molecular complexity index is 247. The first kappa shape index (κ1) is 17.0. The maximum absolute atomic E-state index is 5.52. The van der Waals surface area contributed by atoms with Crippen LogP contribution in [0.2, 0.25) is 0 Å².